The topological polar surface area (TPSA) is 97.5 Å². The Morgan fingerprint density at radius 1 is 1.03 bits per heavy atom. The third-order valence-electron chi connectivity index (χ3n) is 7.14. The second-order valence-electron chi connectivity index (χ2n) is 9.87. The first-order chi connectivity index (χ1) is 18.3. The molecule has 38 heavy (non-hydrogen) atoms. The molecule has 0 saturated heterocycles. The monoisotopic (exact) mass is 546 g/mol. The van der Waals surface area contributed by atoms with Crippen LogP contribution in [0, 0.1) is 0 Å². The number of benzene rings is 2. The van der Waals surface area contributed by atoms with Crippen LogP contribution in [0.25, 0.3) is 10.2 Å². The summed E-state index contributed by atoms with van der Waals surface area (Å²) in [5, 5.41) is 16.6. The van der Waals surface area contributed by atoms with Gasteiger partial charge in [-0.3, -0.25) is 9.59 Å². The van der Waals surface area contributed by atoms with Crippen LogP contribution in [0.5, 0.6) is 5.75 Å². The lowest BCUT2D eigenvalue weighted by Crippen LogP contribution is -2.47. The predicted octanol–water partition coefficient (Wildman–Crippen LogP) is 4.06. The van der Waals surface area contributed by atoms with Gasteiger partial charge in [-0.05, 0) is 56.0 Å². The molecule has 0 atom stereocenters. The van der Waals surface area contributed by atoms with Gasteiger partial charge in [0.2, 0.25) is 11.8 Å². The maximum Gasteiger partial charge on any atom is 0.305 e. The van der Waals surface area contributed by atoms with Crippen molar-refractivity contribution in [3.63, 3.8) is 0 Å². The average molecular weight is 547 g/mol. The van der Waals surface area contributed by atoms with Gasteiger partial charge in [0.25, 0.3) is 0 Å². The summed E-state index contributed by atoms with van der Waals surface area (Å²) in [7, 11) is 0. The third-order valence-corrected chi connectivity index (χ3v) is 8.09. The van der Waals surface area contributed by atoms with Crippen molar-refractivity contribution in [3.05, 3.63) is 63.3 Å². The van der Waals surface area contributed by atoms with Crippen molar-refractivity contribution in [1.29, 1.82) is 0 Å². The maximum atomic E-state index is 13.8. The molecular weight excluding hydrogens is 510 g/mol. The van der Waals surface area contributed by atoms with Gasteiger partial charge in [-0.25, -0.2) is 8.78 Å². The highest BCUT2D eigenvalue weighted by molar-refractivity contribution is 7.16. The van der Waals surface area contributed by atoms with Crippen molar-refractivity contribution >= 4 is 27.5 Å². The number of phenolic OH excluding ortho intramolecular Hbond substituents is 1. The summed E-state index contributed by atoms with van der Waals surface area (Å²) >= 11 is 1.07. The highest BCUT2D eigenvalue weighted by Crippen LogP contribution is 2.35. The molecule has 0 bridgehead atoms. The van der Waals surface area contributed by atoms with Gasteiger partial charge in [0.15, 0.2) is 0 Å². The normalized spacial score (nSPS) is 15.6. The second-order valence-corrected chi connectivity index (χ2v) is 10.9. The van der Waals surface area contributed by atoms with Crippen molar-refractivity contribution in [2.24, 2.45) is 0 Å². The molecule has 3 aromatic rings. The number of carbonyl (C=O) groups excluding carboxylic acids is 1. The van der Waals surface area contributed by atoms with Crippen LogP contribution in [0.4, 0.5) is 8.78 Å². The van der Waals surface area contributed by atoms with Gasteiger partial charge in [0, 0.05) is 44.9 Å². The largest absolute Gasteiger partial charge is 0.506 e. The number of aromatic amines is 1. The minimum absolute atomic E-state index is 0.00781. The number of halogens is 2. The summed E-state index contributed by atoms with van der Waals surface area (Å²) in [5.41, 5.74) is 2.65. The number of nitrogens with one attached hydrogen (secondary N) is 3. The van der Waals surface area contributed by atoms with E-state index in [-0.39, 0.29) is 35.4 Å². The molecule has 0 unspecified atom stereocenters. The van der Waals surface area contributed by atoms with Gasteiger partial charge in [-0.1, -0.05) is 47.7 Å². The average Bonchev–Trinajstić information content (AvgIpc) is 3.30. The number of fused-ring (bicyclic) bond motifs is 1. The molecule has 1 heterocycles. The zero-order valence-corrected chi connectivity index (χ0v) is 22.3. The molecule has 0 radical (unpaired) electrons. The number of nitrogens with zero attached hydrogens (tertiary/aromatic N) is 1. The van der Waals surface area contributed by atoms with Gasteiger partial charge in [0.05, 0.1) is 4.70 Å². The molecular formula is C28H36F2N4O3S. The van der Waals surface area contributed by atoms with E-state index in [2.05, 4.69) is 27.8 Å². The van der Waals surface area contributed by atoms with Crippen LogP contribution in [0.1, 0.15) is 43.2 Å². The van der Waals surface area contributed by atoms with Crippen LogP contribution in [0.3, 0.4) is 0 Å². The van der Waals surface area contributed by atoms with Gasteiger partial charge < -0.3 is 25.6 Å². The van der Waals surface area contributed by atoms with Crippen LogP contribution in [0.2, 0.25) is 0 Å². The molecule has 206 valence electrons. The number of amides is 1. The molecule has 1 amide bonds. The Morgan fingerprint density at radius 3 is 2.50 bits per heavy atom. The minimum Gasteiger partial charge on any atom is -0.506 e. The Kier molecular flexibility index (Phi) is 9.87. The number of hydrogen-bond donors (Lipinski definition) is 4. The van der Waals surface area contributed by atoms with E-state index in [0.29, 0.717) is 57.4 Å². The third kappa shape index (κ3) is 7.85. The molecule has 1 aliphatic carbocycles. The molecule has 1 fully saturated rings. The number of thiazole rings is 1. The summed E-state index contributed by atoms with van der Waals surface area (Å²) in [4.78, 5) is 29.1. The summed E-state index contributed by atoms with van der Waals surface area (Å²) in [5.74, 6) is -2.59. The number of rotatable bonds is 13. The highest BCUT2D eigenvalue weighted by atomic mass is 32.1. The lowest BCUT2D eigenvalue weighted by molar-refractivity contribution is -0.136. The molecule has 0 aliphatic heterocycles. The second kappa shape index (κ2) is 13.3. The Balaban J connectivity index is 1.25. The first-order valence-corrected chi connectivity index (χ1v) is 14.1. The van der Waals surface area contributed by atoms with E-state index >= 15 is 0 Å². The van der Waals surface area contributed by atoms with E-state index in [1.807, 2.05) is 24.3 Å². The zero-order valence-electron chi connectivity index (χ0n) is 21.5. The maximum absolute atomic E-state index is 13.8. The standard InChI is InChI=1S/C28H36F2N4O3S/c29-28(30)13-8-22(9-14-28)34(24(36)12-17-31-15-10-20-4-2-1-3-5-20)19-18-32-16-11-21-6-7-23(35)25-26(21)38-27(37)33-25/h1-7,22,31-32,35H,8-19H2,(H,33,37). The molecule has 0 spiro atoms. The molecule has 4 rings (SSSR count). The molecule has 1 aliphatic rings. The van der Waals surface area contributed by atoms with E-state index in [0.717, 1.165) is 34.6 Å². The minimum atomic E-state index is -2.64. The summed E-state index contributed by atoms with van der Waals surface area (Å²) in [6, 6.07) is 13.4. The van der Waals surface area contributed by atoms with Gasteiger partial charge in [-0.15, -0.1) is 0 Å². The Labute approximate surface area is 225 Å². The number of aromatic hydroxyl groups is 1. The van der Waals surface area contributed by atoms with Crippen LogP contribution >= 0.6 is 11.3 Å². The highest BCUT2D eigenvalue weighted by Gasteiger charge is 2.37. The molecule has 1 aromatic heterocycles. The van der Waals surface area contributed by atoms with Gasteiger partial charge in [-0.2, -0.15) is 0 Å². The Hall–Kier alpha value is -2.82. The number of carbonyl (C=O) groups is 1. The fraction of sp³-hybridized carbons (Fsp3) is 0.500. The lowest BCUT2D eigenvalue weighted by Gasteiger charge is -2.37. The number of aromatic nitrogens is 1. The molecule has 10 heteroatoms. The van der Waals surface area contributed by atoms with Crippen molar-refractivity contribution in [2.45, 2.75) is 56.9 Å². The summed E-state index contributed by atoms with van der Waals surface area (Å²) in [6.07, 6.45) is 2.14. The molecule has 4 N–H and O–H groups in total. The van der Waals surface area contributed by atoms with Crippen molar-refractivity contribution < 1.29 is 18.7 Å². The van der Waals surface area contributed by atoms with E-state index in [1.165, 1.54) is 5.56 Å². The van der Waals surface area contributed by atoms with Crippen LogP contribution in [-0.2, 0) is 17.6 Å². The first-order valence-electron chi connectivity index (χ1n) is 13.3. The van der Waals surface area contributed by atoms with Crippen molar-refractivity contribution in [3.8, 4) is 5.75 Å². The van der Waals surface area contributed by atoms with Crippen molar-refractivity contribution in [2.75, 3.05) is 32.7 Å². The van der Waals surface area contributed by atoms with Crippen LogP contribution in [0.15, 0.2) is 47.3 Å². The van der Waals surface area contributed by atoms with Gasteiger partial charge >= 0.3 is 4.87 Å². The number of H-pyrrole nitrogens is 1. The number of phenols is 1. The Bertz CT molecular complexity index is 1240. The van der Waals surface area contributed by atoms with E-state index in [9.17, 15) is 23.5 Å². The predicted molar refractivity (Wildman–Crippen MR) is 147 cm³/mol. The summed E-state index contributed by atoms with van der Waals surface area (Å²) < 4.78 is 28.3. The molecule has 2 aromatic carbocycles. The van der Waals surface area contributed by atoms with E-state index in [1.54, 1.807) is 11.0 Å². The zero-order chi connectivity index (χ0) is 27.0. The fourth-order valence-corrected chi connectivity index (χ4v) is 5.90. The number of alkyl halides is 2. The van der Waals surface area contributed by atoms with E-state index < -0.39 is 5.92 Å². The Morgan fingerprint density at radius 2 is 1.74 bits per heavy atom. The van der Waals surface area contributed by atoms with Crippen molar-refractivity contribution in [1.82, 2.24) is 20.5 Å². The first kappa shape index (κ1) is 28.2. The lowest BCUT2D eigenvalue weighted by atomic mass is 9.91. The smallest absolute Gasteiger partial charge is 0.305 e. The quantitative estimate of drug-likeness (QED) is 0.243. The fourth-order valence-electron chi connectivity index (χ4n) is 5.01. The summed E-state index contributed by atoms with van der Waals surface area (Å²) in [6.45, 7) is 2.95. The van der Waals surface area contributed by atoms with E-state index in [4.69, 9.17) is 0 Å². The molecule has 1 saturated carbocycles. The van der Waals surface area contributed by atoms with Crippen LogP contribution < -0.4 is 15.5 Å². The SMILES string of the molecule is O=C(CCNCCc1ccccc1)N(CCNCCc1ccc(O)c2[nH]c(=O)sc12)C1CCC(F)(F)CC1. The van der Waals surface area contributed by atoms with Crippen LogP contribution in [-0.4, -0.2) is 65.6 Å². The van der Waals surface area contributed by atoms with Gasteiger partial charge in [0.1, 0.15) is 11.3 Å². The molecule has 7 nitrogen and oxygen atoms in total. The number of hydrogen-bond acceptors (Lipinski definition) is 6.